The molecule has 0 aromatic heterocycles. The molecular weight excluding hydrogens is 464 g/mol. The van der Waals surface area contributed by atoms with Crippen LogP contribution < -0.4 is 5.32 Å². The molecule has 2 aromatic rings. The molecule has 0 aliphatic carbocycles. The van der Waals surface area contributed by atoms with Crippen LogP contribution in [0, 0.1) is 18.8 Å². The van der Waals surface area contributed by atoms with Gasteiger partial charge in [0.25, 0.3) is 0 Å². The minimum absolute atomic E-state index is 0.0534. The van der Waals surface area contributed by atoms with E-state index in [2.05, 4.69) is 5.32 Å². The van der Waals surface area contributed by atoms with Gasteiger partial charge >= 0.3 is 12.2 Å². The fraction of sp³-hybridized carbons (Fsp3) is 0.500. The zero-order valence-electron chi connectivity index (χ0n) is 19.9. The van der Waals surface area contributed by atoms with Crippen molar-refractivity contribution >= 4 is 6.03 Å². The third kappa shape index (κ3) is 5.30. The molecule has 2 aliphatic rings. The summed E-state index contributed by atoms with van der Waals surface area (Å²) < 4.78 is 65.9. The Morgan fingerprint density at radius 2 is 1.97 bits per heavy atom. The van der Waals surface area contributed by atoms with Gasteiger partial charge in [0.15, 0.2) is 6.29 Å². The summed E-state index contributed by atoms with van der Waals surface area (Å²) in [5.74, 6) is -0.0560. The van der Waals surface area contributed by atoms with Crippen molar-refractivity contribution in [3.8, 4) is 0 Å². The molecule has 35 heavy (non-hydrogen) atoms. The van der Waals surface area contributed by atoms with E-state index >= 15 is 0 Å². The van der Waals surface area contributed by atoms with Gasteiger partial charge in [0.1, 0.15) is 6.67 Å². The molecule has 0 bridgehead atoms. The summed E-state index contributed by atoms with van der Waals surface area (Å²) in [7, 11) is 1.59. The Balaban J connectivity index is 1.65. The highest BCUT2D eigenvalue weighted by atomic mass is 19.4. The molecule has 1 N–H and O–H groups in total. The normalized spacial score (nSPS) is 25.3. The van der Waals surface area contributed by atoms with E-state index in [9.17, 15) is 22.4 Å². The molecule has 4 rings (SSSR count). The molecule has 5 atom stereocenters. The average Bonchev–Trinajstić information content (AvgIpc) is 3.27. The third-order valence-corrected chi connectivity index (χ3v) is 7.07. The second-order valence-corrected chi connectivity index (χ2v) is 9.34. The van der Waals surface area contributed by atoms with E-state index in [1.165, 1.54) is 6.07 Å². The number of alkyl halides is 4. The first-order valence-electron chi connectivity index (χ1n) is 11.7. The number of fused-ring (bicyclic) bond motifs is 1. The van der Waals surface area contributed by atoms with Gasteiger partial charge in [0.2, 0.25) is 0 Å². The molecule has 2 saturated heterocycles. The zero-order chi connectivity index (χ0) is 25.3. The van der Waals surface area contributed by atoms with Crippen molar-refractivity contribution in [1.29, 1.82) is 0 Å². The summed E-state index contributed by atoms with van der Waals surface area (Å²) in [5.41, 5.74) is 1.34. The van der Waals surface area contributed by atoms with E-state index in [4.69, 9.17) is 9.47 Å². The van der Waals surface area contributed by atoms with Crippen LogP contribution in [0.3, 0.4) is 0 Å². The van der Waals surface area contributed by atoms with Crippen LogP contribution in [-0.4, -0.2) is 44.0 Å². The van der Waals surface area contributed by atoms with Gasteiger partial charge in [-0.15, -0.1) is 0 Å². The quantitative estimate of drug-likeness (QED) is 0.552. The molecule has 9 heteroatoms. The van der Waals surface area contributed by atoms with Crippen molar-refractivity contribution in [3.05, 3.63) is 70.3 Å². The first kappa shape index (κ1) is 25.4. The second-order valence-electron chi connectivity index (χ2n) is 9.34. The number of nitrogens with zero attached hydrogens (tertiary/aromatic N) is 1. The van der Waals surface area contributed by atoms with E-state index < -0.39 is 30.8 Å². The molecule has 0 spiro atoms. The predicted octanol–water partition coefficient (Wildman–Crippen LogP) is 5.59. The Hall–Kier alpha value is -2.65. The van der Waals surface area contributed by atoms with Crippen LogP contribution in [0.25, 0.3) is 0 Å². The molecule has 2 heterocycles. The molecule has 190 valence electrons. The number of carbonyl (C=O) groups excluding carboxylic acids is 1. The lowest BCUT2D eigenvalue weighted by Crippen LogP contribution is -2.42. The topological polar surface area (TPSA) is 50.8 Å². The van der Waals surface area contributed by atoms with Crippen molar-refractivity contribution < 1.29 is 31.8 Å². The van der Waals surface area contributed by atoms with Gasteiger partial charge < -0.3 is 19.7 Å². The van der Waals surface area contributed by atoms with Crippen LogP contribution in [0.15, 0.2) is 42.5 Å². The SMILES string of the molecule is CNC(=O)N1C[C@H]2CO[C@H](O[C@H](C)c3cc(CF)cc(C(F)(F)F)c3)[C@@H](c3ccccc3C)[C@@H]2C1. The maximum atomic E-state index is 13.4. The number of urea groups is 1. The number of carbonyl (C=O) groups is 1. The number of halogens is 4. The van der Waals surface area contributed by atoms with Gasteiger partial charge in [0.05, 0.1) is 18.3 Å². The van der Waals surface area contributed by atoms with Crippen molar-refractivity contribution in [2.24, 2.45) is 11.8 Å². The van der Waals surface area contributed by atoms with E-state index in [1.807, 2.05) is 31.2 Å². The summed E-state index contributed by atoms with van der Waals surface area (Å²) in [5, 5.41) is 2.67. The van der Waals surface area contributed by atoms with Crippen LogP contribution in [-0.2, 0) is 22.3 Å². The average molecular weight is 495 g/mol. The van der Waals surface area contributed by atoms with Crippen molar-refractivity contribution in [1.82, 2.24) is 10.2 Å². The van der Waals surface area contributed by atoms with Gasteiger partial charge in [-0.1, -0.05) is 30.3 Å². The zero-order valence-corrected chi connectivity index (χ0v) is 19.9. The summed E-state index contributed by atoms with van der Waals surface area (Å²) in [6.07, 6.45) is -6.10. The molecule has 5 nitrogen and oxygen atoms in total. The largest absolute Gasteiger partial charge is 0.416 e. The van der Waals surface area contributed by atoms with E-state index in [0.717, 1.165) is 23.3 Å². The minimum atomic E-state index is -4.59. The Morgan fingerprint density at radius 1 is 1.23 bits per heavy atom. The number of rotatable bonds is 5. The van der Waals surface area contributed by atoms with Gasteiger partial charge in [-0.25, -0.2) is 9.18 Å². The second kappa shape index (κ2) is 10.1. The van der Waals surface area contributed by atoms with E-state index in [-0.39, 0.29) is 34.9 Å². The highest BCUT2D eigenvalue weighted by molar-refractivity contribution is 5.74. The molecule has 2 aromatic carbocycles. The molecule has 0 radical (unpaired) electrons. The fourth-order valence-electron chi connectivity index (χ4n) is 5.26. The number of ether oxygens (including phenoxy) is 2. The maximum Gasteiger partial charge on any atom is 0.416 e. The third-order valence-electron chi connectivity index (χ3n) is 7.07. The number of hydrogen-bond donors (Lipinski definition) is 1. The molecule has 2 aliphatic heterocycles. The van der Waals surface area contributed by atoms with Crippen molar-refractivity contribution in [2.75, 3.05) is 26.7 Å². The Morgan fingerprint density at radius 3 is 2.63 bits per heavy atom. The van der Waals surface area contributed by atoms with Crippen LogP contribution in [0.2, 0.25) is 0 Å². The standard InChI is InChI=1S/C26H30F4N2O3/c1-15-6-4-5-7-21(15)23-22-13-32(25(33)31-3)12-19(22)14-34-24(23)35-16(2)18-8-17(11-27)9-20(10-18)26(28,29)30/h4-10,16,19,22-24H,11-14H2,1-3H3,(H,31,33)/t16-,19+,22-,23+,24-/m1/s1. The van der Waals surface area contributed by atoms with Crippen LogP contribution in [0.1, 0.15) is 46.8 Å². The van der Waals surface area contributed by atoms with Crippen molar-refractivity contribution in [2.45, 2.75) is 45.0 Å². The fourth-order valence-corrected chi connectivity index (χ4v) is 5.26. The summed E-state index contributed by atoms with van der Waals surface area (Å²) in [6, 6.07) is 10.9. The molecule has 2 amide bonds. The van der Waals surface area contributed by atoms with Crippen LogP contribution >= 0.6 is 0 Å². The molecular formula is C26H30F4N2O3. The monoisotopic (exact) mass is 494 g/mol. The number of aryl methyl sites for hydroxylation is 1. The smallest absolute Gasteiger partial charge is 0.352 e. The summed E-state index contributed by atoms with van der Waals surface area (Å²) in [6.45, 7) is 4.09. The lowest BCUT2D eigenvalue weighted by atomic mass is 9.76. The first-order valence-corrected chi connectivity index (χ1v) is 11.7. The van der Waals surface area contributed by atoms with Gasteiger partial charge in [-0.3, -0.25) is 0 Å². The Kier molecular flexibility index (Phi) is 7.38. The highest BCUT2D eigenvalue weighted by Gasteiger charge is 2.48. The Labute approximate surface area is 202 Å². The number of nitrogens with one attached hydrogen (secondary N) is 1. The maximum absolute atomic E-state index is 13.4. The van der Waals surface area contributed by atoms with Gasteiger partial charge in [-0.05, 0) is 54.2 Å². The Bertz CT molecular complexity index is 1060. The first-order chi connectivity index (χ1) is 16.6. The highest BCUT2D eigenvalue weighted by Crippen LogP contribution is 2.45. The number of likely N-dealkylation sites (tertiary alicyclic amines) is 1. The van der Waals surface area contributed by atoms with E-state index in [0.29, 0.717) is 19.7 Å². The van der Waals surface area contributed by atoms with Gasteiger partial charge in [-0.2, -0.15) is 13.2 Å². The minimum Gasteiger partial charge on any atom is -0.352 e. The molecule has 0 saturated carbocycles. The molecule has 2 fully saturated rings. The van der Waals surface area contributed by atoms with Crippen molar-refractivity contribution in [3.63, 3.8) is 0 Å². The lowest BCUT2D eigenvalue weighted by Gasteiger charge is -2.41. The predicted molar refractivity (Wildman–Crippen MR) is 122 cm³/mol. The van der Waals surface area contributed by atoms with Crippen LogP contribution in [0.4, 0.5) is 22.4 Å². The summed E-state index contributed by atoms with van der Waals surface area (Å²) in [4.78, 5) is 14.1. The number of benzene rings is 2. The molecule has 0 unspecified atom stereocenters. The van der Waals surface area contributed by atoms with Gasteiger partial charge in [0, 0.05) is 32.0 Å². The van der Waals surface area contributed by atoms with Crippen LogP contribution in [0.5, 0.6) is 0 Å². The summed E-state index contributed by atoms with van der Waals surface area (Å²) >= 11 is 0. The van der Waals surface area contributed by atoms with E-state index in [1.54, 1.807) is 18.9 Å². The lowest BCUT2D eigenvalue weighted by molar-refractivity contribution is -0.217. The number of amides is 2. The number of hydrogen-bond acceptors (Lipinski definition) is 3.